The van der Waals surface area contributed by atoms with E-state index >= 15 is 0 Å². The summed E-state index contributed by atoms with van der Waals surface area (Å²) in [6.07, 6.45) is 7.90. The molecule has 1 fully saturated rings. The van der Waals surface area contributed by atoms with Crippen molar-refractivity contribution >= 4 is 5.91 Å². The molecule has 1 heterocycles. The maximum absolute atomic E-state index is 13.1. The van der Waals surface area contributed by atoms with Crippen LogP contribution < -0.4 is 0 Å². The molecule has 1 saturated heterocycles. The predicted molar refractivity (Wildman–Crippen MR) is 95.4 cm³/mol. The van der Waals surface area contributed by atoms with Crippen molar-refractivity contribution in [2.75, 3.05) is 47.9 Å². The van der Waals surface area contributed by atoms with E-state index in [2.05, 4.69) is 25.9 Å². The zero-order chi connectivity index (χ0) is 17.7. The van der Waals surface area contributed by atoms with Crippen molar-refractivity contribution in [2.45, 2.75) is 32.6 Å². The van der Waals surface area contributed by atoms with Gasteiger partial charge in [-0.15, -0.1) is 0 Å². The lowest BCUT2D eigenvalue weighted by molar-refractivity contribution is -0.132. The summed E-state index contributed by atoms with van der Waals surface area (Å²) in [5, 5.41) is 0. The van der Waals surface area contributed by atoms with E-state index in [-0.39, 0.29) is 11.8 Å². The van der Waals surface area contributed by atoms with Gasteiger partial charge in [-0.3, -0.25) is 4.79 Å². The van der Waals surface area contributed by atoms with E-state index in [0.717, 1.165) is 56.8 Å². The molecule has 136 valence electrons. The molecule has 1 aliphatic carbocycles. The standard InChI is InChI=1S/C19H32N2O3/c1-6-8-15-16(23-4)13-19(14-17(15)24-5)9-12-21(18(19)22)11-7-10-20(2)3/h13-15H,6-12H2,1-5H3. The highest BCUT2D eigenvalue weighted by Crippen LogP contribution is 2.44. The van der Waals surface area contributed by atoms with E-state index in [1.165, 1.54) is 0 Å². The molecule has 24 heavy (non-hydrogen) atoms. The van der Waals surface area contributed by atoms with Crippen LogP contribution in [0.5, 0.6) is 0 Å². The van der Waals surface area contributed by atoms with E-state index in [4.69, 9.17) is 9.47 Å². The van der Waals surface area contributed by atoms with Crippen molar-refractivity contribution in [2.24, 2.45) is 11.3 Å². The average molecular weight is 336 g/mol. The van der Waals surface area contributed by atoms with Crippen LogP contribution in [0.1, 0.15) is 32.6 Å². The first-order chi connectivity index (χ1) is 11.5. The van der Waals surface area contributed by atoms with E-state index in [9.17, 15) is 4.79 Å². The first kappa shape index (κ1) is 18.8. The maximum atomic E-state index is 13.1. The topological polar surface area (TPSA) is 42.0 Å². The summed E-state index contributed by atoms with van der Waals surface area (Å²) in [5.41, 5.74) is -0.584. The number of hydrogen-bond donors (Lipinski definition) is 0. The summed E-state index contributed by atoms with van der Waals surface area (Å²) in [5.74, 6) is 2.06. The highest BCUT2D eigenvalue weighted by atomic mass is 16.5. The number of nitrogens with zero attached hydrogens (tertiary/aromatic N) is 2. The van der Waals surface area contributed by atoms with Gasteiger partial charge in [0.15, 0.2) is 0 Å². The zero-order valence-electron chi connectivity index (χ0n) is 15.8. The molecule has 0 bridgehead atoms. The van der Waals surface area contributed by atoms with Crippen LogP contribution >= 0.6 is 0 Å². The third kappa shape index (κ3) is 3.77. The number of rotatable bonds is 8. The summed E-state index contributed by atoms with van der Waals surface area (Å²) in [6, 6.07) is 0. The summed E-state index contributed by atoms with van der Waals surface area (Å²) >= 11 is 0. The number of ether oxygens (including phenoxy) is 2. The Kier molecular flexibility index (Phi) is 6.33. The Morgan fingerprint density at radius 3 is 2.38 bits per heavy atom. The Morgan fingerprint density at radius 1 is 1.25 bits per heavy atom. The quantitative estimate of drug-likeness (QED) is 0.683. The SMILES string of the molecule is CCCC1C(OC)=CC2(C=C1OC)CCN(CCCN(C)C)C2=O. The minimum Gasteiger partial charge on any atom is -0.501 e. The second-order valence-electron chi connectivity index (χ2n) is 7.08. The van der Waals surface area contributed by atoms with Gasteiger partial charge in [0.1, 0.15) is 11.5 Å². The Hall–Kier alpha value is -1.49. The molecule has 1 amide bonds. The molecule has 5 heteroatoms. The number of likely N-dealkylation sites (tertiary alicyclic amines) is 1. The highest BCUT2D eigenvalue weighted by Gasteiger charge is 2.47. The lowest BCUT2D eigenvalue weighted by Gasteiger charge is -2.32. The molecule has 0 aromatic carbocycles. The van der Waals surface area contributed by atoms with E-state index in [0.29, 0.717) is 0 Å². The van der Waals surface area contributed by atoms with Crippen LogP contribution in [0.15, 0.2) is 23.7 Å². The Morgan fingerprint density at radius 2 is 1.88 bits per heavy atom. The largest absolute Gasteiger partial charge is 0.501 e. The van der Waals surface area contributed by atoms with Crippen LogP contribution in [-0.2, 0) is 14.3 Å². The van der Waals surface area contributed by atoms with Crippen LogP contribution in [0.2, 0.25) is 0 Å². The number of methoxy groups -OCH3 is 2. The number of hydrogen-bond acceptors (Lipinski definition) is 4. The fraction of sp³-hybridized carbons (Fsp3) is 0.737. The van der Waals surface area contributed by atoms with Crippen molar-refractivity contribution < 1.29 is 14.3 Å². The molecular weight excluding hydrogens is 304 g/mol. The maximum Gasteiger partial charge on any atom is 0.236 e. The molecular formula is C19H32N2O3. The Labute approximate surface area is 146 Å². The zero-order valence-corrected chi connectivity index (χ0v) is 15.8. The highest BCUT2D eigenvalue weighted by molar-refractivity contribution is 5.89. The molecule has 0 unspecified atom stereocenters. The van der Waals surface area contributed by atoms with Gasteiger partial charge < -0.3 is 19.3 Å². The molecule has 2 rings (SSSR count). The van der Waals surface area contributed by atoms with Crippen molar-refractivity contribution in [3.63, 3.8) is 0 Å². The Balaban J connectivity index is 2.18. The average Bonchev–Trinajstić information content (AvgIpc) is 2.85. The third-order valence-corrected chi connectivity index (χ3v) is 5.05. The van der Waals surface area contributed by atoms with Gasteiger partial charge in [-0.2, -0.15) is 0 Å². The molecule has 0 atom stereocenters. The van der Waals surface area contributed by atoms with Crippen molar-refractivity contribution in [3.8, 4) is 0 Å². The Bertz CT molecular complexity index is 489. The van der Waals surface area contributed by atoms with Gasteiger partial charge in [-0.1, -0.05) is 13.3 Å². The lowest BCUT2D eigenvalue weighted by Crippen LogP contribution is -2.36. The van der Waals surface area contributed by atoms with Gasteiger partial charge >= 0.3 is 0 Å². The molecule has 0 aromatic rings. The van der Waals surface area contributed by atoms with Crippen LogP contribution in [0.25, 0.3) is 0 Å². The molecule has 0 aromatic heterocycles. The van der Waals surface area contributed by atoms with E-state index in [1.54, 1.807) is 14.2 Å². The normalized spacial score (nSPS) is 26.8. The summed E-state index contributed by atoms with van der Waals surface area (Å²) in [6.45, 7) is 4.75. The number of carbonyl (C=O) groups excluding carboxylic acids is 1. The molecule has 0 N–H and O–H groups in total. The molecule has 2 aliphatic rings. The minimum absolute atomic E-state index is 0.131. The van der Waals surface area contributed by atoms with Crippen LogP contribution in [0, 0.1) is 11.3 Å². The van der Waals surface area contributed by atoms with Gasteiger partial charge in [0.25, 0.3) is 0 Å². The molecule has 5 nitrogen and oxygen atoms in total. The van der Waals surface area contributed by atoms with Crippen molar-refractivity contribution in [1.29, 1.82) is 0 Å². The monoisotopic (exact) mass is 336 g/mol. The van der Waals surface area contributed by atoms with Gasteiger partial charge in [0.2, 0.25) is 5.91 Å². The smallest absolute Gasteiger partial charge is 0.236 e. The number of carbonyl (C=O) groups is 1. The summed E-state index contributed by atoms with van der Waals surface area (Å²) < 4.78 is 11.3. The van der Waals surface area contributed by atoms with Crippen LogP contribution in [-0.4, -0.2) is 63.7 Å². The van der Waals surface area contributed by atoms with Gasteiger partial charge in [0, 0.05) is 13.1 Å². The minimum atomic E-state index is -0.584. The predicted octanol–water partition coefficient (Wildman–Crippen LogP) is 2.65. The first-order valence-corrected chi connectivity index (χ1v) is 8.95. The van der Waals surface area contributed by atoms with Crippen LogP contribution in [0.4, 0.5) is 0 Å². The number of amides is 1. The van der Waals surface area contributed by atoms with Gasteiger partial charge in [0.05, 0.1) is 25.6 Å². The molecule has 1 aliphatic heterocycles. The fourth-order valence-corrected chi connectivity index (χ4v) is 3.75. The van der Waals surface area contributed by atoms with Gasteiger partial charge in [-0.05, 0) is 52.1 Å². The molecule has 1 spiro atoms. The van der Waals surface area contributed by atoms with Crippen LogP contribution in [0.3, 0.4) is 0 Å². The second kappa shape index (κ2) is 8.06. The first-order valence-electron chi connectivity index (χ1n) is 8.95. The van der Waals surface area contributed by atoms with E-state index < -0.39 is 5.41 Å². The lowest BCUT2D eigenvalue weighted by atomic mass is 9.77. The van der Waals surface area contributed by atoms with Gasteiger partial charge in [-0.25, -0.2) is 0 Å². The molecule has 0 radical (unpaired) electrons. The van der Waals surface area contributed by atoms with E-state index in [1.807, 2.05) is 17.1 Å². The summed E-state index contributed by atoms with van der Waals surface area (Å²) in [7, 11) is 7.50. The van der Waals surface area contributed by atoms with Crippen molar-refractivity contribution in [1.82, 2.24) is 9.80 Å². The van der Waals surface area contributed by atoms with Crippen molar-refractivity contribution in [3.05, 3.63) is 23.7 Å². The fourth-order valence-electron chi connectivity index (χ4n) is 3.75. The molecule has 0 saturated carbocycles. The third-order valence-electron chi connectivity index (χ3n) is 5.05. The summed E-state index contributed by atoms with van der Waals surface area (Å²) in [4.78, 5) is 17.2. The second-order valence-corrected chi connectivity index (χ2v) is 7.08.